The third-order valence-electron chi connectivity index (χ3n) is 3.01. The van der Waals surface area contributed by atoms with Gasteiger partial charge in [0, 0.05) is 6.04 Å². The van der Waals surface area contributed by atoms with Gasteiger partial charge in [-0.25, -0.2) is 0 Å². The maximum atomic E-state index is 6.19. The number of benzene rings is 1. The second kappa shape index (κ2) is 7.24. The van der Waals surface area contributed by atoms with E-state index < -0.39 is 0 Å². The van der Waals surface area contributed by atoms with Crippen molar-refractivity contribution >= 4 is 0 Å². The minimum absolute atomic E-state index is 0.199. The third kappa shape index (κ3) is 4.19. The van der Waals surface area contributed by atoms with Crippen LogP contribution in [0.3, 0.4) is 0 Å². The standard InChI is InChI=1S/C15H23N/c1-3-4-5-6-7-12-15(16)14-11-9-8-10-13(14)2/h3,8-11,15H,1,4-7,12,16H2,2H3. The Balaban J connectivity index is 2.32. The highest BCUT2D eigenvalue weighted by Gasteiger charge is 2.07. The van der Waals surface area contributed by atoms with E-state index in [0.717, 1.165) is 12.8 Å². The summed E-state index contributed by atoms with van der Waals surface area (Å²) in [6.07, 6.45) is 7.90. The van der Waals surface area contributed by atoms with Gasteiger partial charge in [0.25, 0.3) is 0 Å². The fourth-order valence-corrected chi connectivity index (χ4v) is 1.99. The van der Waals surface area contributed by atoms with Crippen LogP contribution in [0.25, 0.3) is 0 Å². The van der Waals surface area contributed by atoms with Gasteiger partial charge in [-0.1, -0.05) is 43.2 Å². The molecule has 0 fully saturated rings. The first kappa shape index (κ1) is 13.0. The van der Waals surface area contributed by atoms with Crippen molar-refractivity contribution in [2.75, 3.05) is 0 Å². The molecule has 0 aromatic heterocycles. The molecule has 88 valence electrons. The van der Waals surface area contributed by atoms with Crippen LogP contribution in [0.1, 0.15) is 49.3 Å². The van der Waals surface area contributed by atoms with Gasteiger partial charge in [-0.15, -0.1) is 6.58 Å². The second-order valence-electron chi connectivity index (χ2n) is 4.39. The quantitative estimate of drug-likeness (QED) is 0.539. The lowest BCUT2D eigenvalue weighted by molar-refractivity contribution is 0.570. The van der Waals surface area contributed by atoms with Crippen LogP contribution in [-0.4, -0.2) is 0 Å². The largest absolute Gasteiger partial charge is 0.324 e. The molecular formula is C15H23N. The predicted octanol–water partition coefficient (Wildman–Crippen LogP) is 4.13. The van der Waals surface area contributed by atoms with E-state index in [4.69, 9.17) is 5.73 Å². The van der Waals surface area contributed by atoms with Crippen molar-refractivity contribution in [2.45, 2.75) is 45.1 Å². The summed E-state index contributed by atoms with van der Waals surface area (Å²) >= 11 is 0. The van der Waals surface area contributed by atoms with Gasteiger partial charge in [-0.05, 0) is 37.3 Å². The van der Waals surface area contributed by atoms with Gasteiger partial charge < -0.3 is 5.73 Å². The Kier molecular flexibility index (Phi) is 5.87. The van der Waals surface area contributed by atoms with Crippen LogP contribution in [0.4, 0.5) is 0 Å². The molecule has 1 unspecified atom stereocenters. The van der Waals surface area contributed by atoms with Gasteiger partial charge in [-0.2, -0.15) is 0 Å². The van der Waals surface area contributed by atoms with E-state index in [1.54, 1.807) is 0 Å². The average Bonchev–Trinajstić information content (AvgIpc) is 2.29. The molecule has 2 N–H and O–H groups in total. The van der Waals surface area contributed by atoms with Crippen LogP contribution in [0.2, 0.25) is 0 Å². The molecule has 0 radical (unpaired) electrons. The number of rotatable bonds is 7. The molecule has 16 heavy (non-hydrogen) atoms. The lowest BCUT2D eigenvalue weighted by atomic mass is 9.97. The molecule has 0 spiro atoms. The van der Waals surface area contributed by atoms with Crippen LogP contribution in [0, 0.1) is 6.92 Å². The minimum atomic E-state index is 0.199. The highest BCUT2D eigenvalue weighted by molar-refractivity contribution is 5.28. The summed E-state index contributed by atoms with van der Waals surface area (Å²) in [5.74, 6) is 0. The van der Waals surface area contributed by atoms with Crippen LogP contribution < -0.4 is 5.73 Å². The zero-order chi connectivity index (χ0) is 11.8. The van der Waals surface area contributed by atoms with Crippen LogP contribution in [0.15, 0.2) is 36.9 Å². The monoisotopic (exact) mass is 217 g/mol. The van der Waals surface area contributed by atoms with Crippen LogP contribution >= 0.6 is 0 Å². The molecule has 0 amide bonds. The summed E-state index contributed by atoms with van der Waals surface area (Å²) in [4.78, 5) is 0. The summed E-state index contributed by atoms with van der Waals surface area (Å²) in [7, 11) is 0. The molecule has 0 saturated carbocycles. The van der Waals surface area contributed by atoms with Crippen molar-refractivity contribution in [3.8, 4) is 0 Å². The summed E-state index contributed by atoms with van der Waals surface area (Å²) < 4.78 is 0. The summed E-state index contributed by atoms with van der Waals surface area (Å²) in [5, 5.41) is 0. The number of allylic oxidation sites excluding steroid dienone is 1. The molecule has 1 aromatic carbocycles. The van der Waals surface area contributed by atoms with Gasteiger partial charge in [0.05, 0.1) is 0 Å². The Morgan fingerprint density at radius 1 is 1.25 bits per heavy atom. The van der Waals surface area contributed by atoms with Gasteiger partial charge >= 0.3 is 0 Å². The number of hydrogen-bond donors (Lipinski definition) is 1. The fraction of sp³-hybridized carbons (Fsp3) is 0.467. The van der Waals surface area contributed by atoms with Crippen molar-refractivity contribution in [3.63, 3.8) is 0 Å². The molecule has 1 heteroatoms. The van der Waals surface area contributed by atoms with E-state index in [0.29, 0.717) is 0 Å². The minimum Gasteiger partial charge on any atom is -0.324 e. The Hall–Kier alpha value is -1.08. The molecule has 0 aliphatic carbocycles. The molecular weight excluding hydrogens is 194 g/mol. The summed E-state index contributed by atoms with van der Waals surface area (Å²) in [6.45, 7) is 5.86. The molecule has 0 bridgehead atoms. The number of nitrogens with two attached hydrogens (primary N) is 1. The molecule has 1 atom stereocenters. The first-order chi connectivity index (χ1) is 7.75. The van der Waals surface area contributed by atoms with Crippen molar-refractivity contribution in [2.24, 2.45) is 5.73 Å². The Bertz CT molecular complexity index is 317. The molecule has 0 heterocycles. The van der Waals surface area contributed by atoms with E-state index in [9.17, 15) is 0 Å². The second-order valence-corrected chi connectivity index (χ2v) is 4.39. The highest BCUT2D eigenvalue weighted by Crippen LogP contribution is 2.20. The number of hydrogen-bond acceptors (Lipinski definition) is 1. The van der Waals surface area contributed by atoms with Crippen LogP contribution in [0.5, 0.6) is 0 Å². The molecule has 1 rings (SSSR count). The first-order valence-corrected chi connectivity index (χ1v) is 6.17. The van der Waals surface area contributed by atoms with Crippen molar-refractivity contribution < 1.29 is 0 Å². The average molecular weight is 217 g/mol. The van der Waals surface area contributed by atoms with E-state index in [-0.39, 0.29) is 6.04 Å². The topological polar surface area (TPSA) is 26.0 Å². The zero-order valence-electron chi connectivity index (χ0n) is 10.3. The maximum Gasteiger partial charge on any atom is 0.0297 e. The van der Waals surface area contributed by atoms with Gasteiger partial charge in [0.2, 0.25) is 0 Å². The predicted molar refractivity (Wildman–Crippen MR) is 71.4 cm³/mol. The Morgan fingerprint density at radius 3 is 2.69 bits per heavy atom. The molecule has 1 aromatic rings. The lowest BCUT2D eigenvalue weighted by Gasteiger charge is -2.14. The van der Waals surface area contributed by atoms with Gasteiger partial charge in [0.15, 0.2) is 0 Å². The highest BCUT2D eigenvalue weighted by atomic mass is 14.6. The summed E-state index contributed by atoms with van der Waals surface area (Å²) in [6, 6.07) is 8.61. The third-order valence-corrected chi connectivity index (χ3v) is 3.01. The van der Waals surface area contributed by atoms with Crippen molar-refractivity contribution in [1.29, 1.82) is 0 Å². The van der Waals surface area contributed by atoms with E-state index in [1.807, 2.05) is 6.08 Å². The Morgan fingerprint density at radius 2 is 2.00 bits per heavy atom. The number of unbranched alkanes of at least 4 members (excludes halogenated alkanes) is 3. The summed E-state index contributed by atoms with van der Waals surface area (Å²) in [5.41, 5.74) is 8.79. The van der Waals surface area contributed by atoms with Crippen LogP contribution in [-0.2, 0) is 0 Å². The zero-order valence-corrected chi connectivity index (χ0v) is 10.3. The SMILES string of the molecule is C=CCCCCCC(N)c1ccccc1C. The van der Waals surface area contributed by atoms with E-state index >= 15 is 0 Å². The molecule has 0 aliphatic heterocycles. The fourth-order valence-electron chi connectivity index (χ4n) is 1.99. The van der Waals surface area contributed by atoms with Crippen molar-refractivity contribution in [1.82, 2.24) is 0 Å². The smallest absolute Gasteiger partial charge is 0.0297 e. The maximum absolute atomic E-state index is 6.19. The van der Waals surface area contributed by atoms with Gasteiger partial charge in [-0.3, -0.25) is 0 Å². The van der Waals surface area contributed by atoms with Gasteiger partial charge in [0.1, 0.15) is 0 Å². The first-order valence-electron chi connectivity index (χ1n) is 6.17. The van der Waals surface area contributed by atoms with Crippen molar-refractivity contribution in [3.05, 3.63) is 48.0 Å². The Labute approximate surface area is 99.4 Å². The normalized spacial score (nSPS) is 12.4. The molecule has 1 nitrogen and oxygen atoms in total. The lowest BCUT2D eigenvalue weighted by Crippen LogP contribution is -2.11. The molecule has 0 aliphatic rings. The molecule has 0 saturated heterocycles. The van der Waals surface area contributed by atoms with E-state index in [2.05, 4.69) is 37.8 Å². The number of aryl methyl sites for hydroxylation is 1. The van der Waals surface area contributed by atoms with E-state index in [1.165, 1.54) is 30.4 Å².